The van der Waals surface area contributed by atoms with E-state index < -0.39 is 14.9 Å². The van der Waals surface area contributed by atoms with Crippen molar-refractivity contribution in [1.29, 1.82) is 0 Å². The summed E-state index contributed by atoms with van der Waals surface area (Å²) in [5.41, 5.74) is 0.903. The lowest BCUT2D eigenvalue weighted by Crippen LogP contribution is -2.25. The van der Waals surface area contributed by atoms with Crippen molar-refractivity contribution >= 4 is 15.7 Å². The molecular weight excluding hydrogens is 256 g/mol. The maximum Gasteiger partial charge on any atom is 0.271 e. The number of sulfonamides is 1. The highest BCUT2D eigenvalue weighted by atomic mass is 32.2. The van der Waals surface area contributed by atoms with E-state index in [-0.39, 0.29) is 10.6 Å². The lowest BCUT2D eigenvalue weighted by Gasteiger charge is -2.10. The molecule has 1 aromatic rings. The minimum Gasteiger partial charge on any atom is -0.258 e. The van der Waals surface area contributed by atoms with Crippen LogP contribution in [0.3, 0.4) is 0 Å². The number of nitro benzene ring substituents is 1. The van der Waals surface area contributed by atoms with Gasteiger partial charge >= 0.3 is 0 Å². The first-order chi connectivity index (χ1) is 8.29. The molecule has 0 saturated heterocycles. The lowest BCUT2D eigenvalue weighted by molar-refractivity contribution is -0.385. The van der Waals surface area contributed by atoms with Crippen LogP contribution in [0, 0.1) is 24.0 Å². The number of non-ortho nitro benzene ring substituents is 1. The van der Waals surface area contributed by atoms with E-state index in [1.807, 2.05) is 6.92 Å². The number of nitrogens with zero attached hydrogens (tertiary/aromatic N) is 1. The van der Waals surface area contributed by atoms with Crippen LogP contribution in [0.5, 0.6) is 0 Å². The number of benzene rings is 1. The lowest BCUT2D eigenvalue weighted by atomic mass is 10.1. The minimum absolute atomic E-state index is 0.0253. The molecular formula is C11H16N2O4S. The number of hydrogen-bond acceptors (Lipinski definition) is 4. The fraction of sp³-hybridized carbons (Fsp3) is 0.455. The molecule has 0 aliphatic rings. The van der Waals surface area contributed by atoms with Gasteiger partial charge in [-0.3, -0.25) is 10.1 Å². The standard InChI is InChI=1S/C11H16N2O4S/c1-4-5-12-18(16,17)11-7-10(13(14)15)6-8(2)9(11)3/h6-7,12H,4-5H2,1-3H3. The van der Waals surface area contributed by atoms with Crippen LogP contribution in [-0.4, -0.2) is 19.9 Å². The van der Waals surface area contributed by atoms with Gasteiger partial charge in [-0.2, -0.15) is 0 Å². The van der Waals surface area contributed by atoms with Crippen molar-refractivity contribution in [3.05, 3.63) is 33.4 Å². The number of nitrogens with one attached hydrogen (secondary N) is 1. The maximum absolute atomic E-state index is 12.0. The average Bonchev–Trinajstić information content (AvgIpc) is 2.29. The zero-order valence-corrected chi connectivity index (χ0v) is 11.4. The third kappa shape index (κ3) is 3.05. The third-order valence-electron chi connectivity index (χ3n) is 2.65. The number of aryl methyl sites for hydroxylation is 1. The molecule has 0 heterocycles. The van der Waals surface area contributed by atoms with E-state index >= 15 is 0 Å². The van der Waals surface area contributed by atoms with Crippen LogP contribution in [0.2, 0.25) is 0 Å². The summed E-state index contributed by atoms with van der Waals surface area (Å²) >= 11 is 0. The smallest absolute Gasteiger partial charge is 0.258 e. The van der Waals surface area contributed by atoms with Gasteiger partial charge in [-0.15, -0.1) is 0 Å². The molecule has 0 aromatic heterocycles. The van der Waals surface area contributed by atoms with Crippen LogP contribution in [0.1, 0.15) is 24.5 Å². The molecule has 0 aliphatic carbocycles. The van der Waals surface area contributed by atoms with E-state index in [2.05, 4.69) is 4.72 Å². The summed E-state index contributed by atoms with van der Waals surface area (Å²) in [5, 5.41) is 10.7. The van der Waals surface area contributed by atoms with Crippen molar-refractivity contribution in [2.24, 2.45) is 0 Å². The molecule has 18 heavy (non-hydrogen) atoms. The second-order valence-electron chi connectivity index (χ2n) is 4.04. The highest BCUT2D eigenvalue weighted by Crippen LogP contribution is 2.25. The minimum atomic E-state index is -3.69. The maximum atomic E-state index is 12.0. The van der Waals surface area contributed by atoms with Crippen molar-refractivity contribution in [3.63, 3.8) is 0 Å². The van der Waals surface area contributed by atoms with Crippen LogP contribution in [-0.2, 0) is 10.0 Å². The van der Waals surface area contributed by atoms with Gasteiger partial charge in [-0.1, -0.05) is 6.92 Å². The first-order valence-corrected chi connectivity index (χ1v) is 7.03. The molecule has 0 saturated carbocycles. The van der Waals surface area contributed by atoms with E-state index in [9.17, 15) is 18.5 Å². The van der Waals surface area contributed by atoms with Gasteiger partial charge in [0.15, 0.2) is 0 Å². The van der Waals surface area contributed by atoms with Crippen LogP contribution in [0.4, 0.5) is 5.69 Å². The Morgan fingerprint density at radius 3 is 2.44 bits per heavy atom. The molecule has 0 radical (unpaired) electrons. The van der Waals surface area contributed by atoms with E-state index in [4.69, 9.17) is 0 Å². The molecule has 0 bridgehead atoms. The summed E-state index contributed by atoms with van der Waals surface area (Å²) < 4.78 is 26.4. The second-order valence-corrected chi connectivity index (χ2v) is 5.78. The van der Waals surface area contributed by atoms with Crippen molar-refractivity contribution in [2.75, 3.05) is 6.54 Å². The summed E-state index contributed by atoms with van der Waals surface area (Å²) in [4.78, 5) is 10.1. The third-order valence-corrected chi connectivity index (χ3v) is 4.23. The predicted octanol–water partition coefficient (Wildman–Crippen LogP) is 1.90. The number of nitro groups is 1. The molecule has 1 N–H and O–H groups in total. The van der Waals surface area contributed by atoms with Gasteiger partial charge < -0.3 is 0 Å². The Labute approximate surface area is 106 Å². The molecule has 1 rings (SSSR count). The molecule has 0 fully saturated rings. The van der Waals surface area contributed by atoms with Gasteiger partial charge in [0.1, 0.15) is 0 Å². The SMILES string of the molecule is CCCNS(=O)(=O)c1cc([N+](=O)[O-])cc(C)c1C. The zero-order valence-electron chi connectivity index (χ0n) is 10.6. The summed E-state index contributed by atoms with van der Waals surface area (Å²) in [6.45, 7) is 5.44. The summed E-state index contributed by atoms with van der Waals surface area (Å²) in [6.07, 6.45) is 0.659. The zero-order chi connectivity index (χ0) is 13.9. The Hall–Kier alpha value is -1.47. The Kier molecular flexibility index (Phi) is 4.42. The van der Waals surface area contributed by atoms with Crippen LogP contribution in [0.15, 0.2) is 17.0 Å². The number of hydrogen-bond donors (Lipinski definition) is 1. The van der Waals surface area contributed by atoms with Crippen molar-refractivity contribution in [3.8, 4) is 0 Å². The summed E-state index contributed by atoms with van der Waals surface area (Å²) in [5.74, 6) is 0. The number of rotatable bonds is 5. The quantitative estimate of drug-likeness (QED) is 0.654. The largest absolute Gasteiger partial charge is 0.271 e. The van der Waals surface area contributed by atoms with Gasteiger partial charge in [0.05, 0.1) is 9.82 Å². The highest BCUT2D eigenvalue weighted by molar-refractivity contribution is 7.89. The molecule has 100 valence electrons. The normalized spacial score (nSPS) is 11.5. The van der Waals surface area contributed by atoms with E-state index in [1.54, 1.807) is 13.8 Å². The van der Waals surface area contributed by atoms with Crippen LogP contribution < -0.4 is 4.72 Å². The van der Waals surface area contributed by atoms with E-state index in [0.717, 1.165) is 6.07 Å². The highest BCUT2D eigenvalue weighted by Gasteiger charge is 2.21. The van der Waals surface area contributed by atoms with Gasteiger partial charge in [0.2, 0.25) is 10.0 Å². The van der Waals surface area contributed by atoms with E-state index in [0.29, 0.717) is 24.1 Å². The molecule has 7 heteroatoms. The Bertz CT molecular complexity index is 567. The summed E-state index contributed by atoms with van der Waals surface area (Å²) in [7, 11) is -3.69. The molecule has 6 nitrogen and oxygen atoms in total. The van der Waals surface area contributed by atoms with Crippen LogP contribution >= 0.6 is 0 Å². The molecule has 0 aliphatic heterocycles. The molecule has 0 unspecified atom stereocenters. The van der Waals surface area contributed by atoms with Gasteiger partial charge in [0, 0.05) is 18.7 Å². The Morgan fingerprint density at radius 2 is 1.94 bits per heavy atom. The molecule has 1 aromatic carbocycles. The first kappa shape index (κ1) is 14.6. The van der Waals surface area contributed by atoms with Gasteiger partial charge in [-0.05, 0) is 31.4 Å². The van der Waals surface area contributed by atoms with Crippen molar-refractivity contribution in [2.45, 2.75) is 32.1 Å². The molecule has 0 amide bonds. The average molecular weight is 272 g/mol. The first-order valence-electron chi connectivity index (χ1n) is 5.55. The summed E-state index contributed by atoms with van der Waals surface area (Å²) in [6, 6.07) is 2.47. The second kappa shape index (κ2) is 5.45. The monoisotopic (exact) mass is 272 g/mol. The topological polar surface area (TPSA) is 89.3 Å². The van der Waals surface area contributed by atoms with Gasteiger partial charge in [-0.25, -0.2) is 13.1 Å². The fourth-order valence-corrected chi connectivity index (χ4v) is 2.98. The Morgan fingerprint density at radius 1 is 1.33 bits per heavy atom. The van der Waals surface area contributed by atoms with Crippen LogP contribution in [0.25, 0.3) is 0 Å². The predicted molar refractivity (Wildman–Crippen MR) is 68.0 cm³/mol. The van der Waals surface area contributed by atoms with E-state index in [1.165, 1.54) is 6.07 Å². The molecule has 0 spiro atoms. The Balaban J connectivity index is 3.35. The van der Waals surface area contributed by atoms with Crippen molar-refractivity contribution in [1.82, 2.24) is 4.72 Å². The van der Waals surface area contributed by atoms with Crippen molar-refractivity contribution < 1.29 is 13.3 Å². The van der Waals surface area contributed by atoms with Gasteiger partial charge in [0.25, 0.3) is 5.69 Å². The fourth-order valence-electron chi connectivity index (χ4n) is 1.51. The molecule has 0 atom stereocenters.